The summed E-state index contributed by atoms with van der Waals surface area (Å²) in [6.07, 6.45) is 3.22. The minimum Gasteiger partial charge on any atom is -0.369 e. The second-order valence-electron chi connectivity index (χ2n) is 3.43. The van der Waals surface area contributed by atoms with Crippen LogP contribution < -0.4 is 5.32 Å². The second kappa shape index (κ2) is 3.32. The first-order chi connectivity index (χ1) is 6.31. The first-order valence-corrected chi connectivity index (χ1v) is 4.91. The molecule has 1 aliphatic heterocycles. The Labute approximate surface area is 78.6 Å². The summed E-state index contributed by atoms with van der Waals surface area (Å²) in [5.74, 6) is 1.00. The van der Waals surface area contributed by atoms with E-state index in [0.717, 1.165) is 42.3 Å². The van der Waals surface area contributed by atoms with Gasteiger partial charge in [-0.1, -0.05) is 6.92 Å². The molecule has 2 heterocycles. The molecule has 3 heteroatoms. The van der Waals surface area contributed by atoms with Crippen LogP contribution in [0.2, 0.25) is 0 Å². The number of hydrogen-bond donors (Lipinski definition) is 1. The summed E-state index contributed by atoms with van der Waals surface area (Å²) in [6, 6.07) is 0. The fraction of sp³-hybridized carbons (Fsp3) is 0.600. The predicted octanol–water partition coefficient (Wildman–Crippen LogP) is 1.71. The van der Waals surface area contributed by atoms with Gasteiger partial charge in [0.25, 0.3) is 0 Å². The van der Waals surface area contributed by atoms with Gasteiger partial charge in [0.15, 0.2) is 0 Å². The van der Waals surface area contributed by atoms with Crippen molar-refractivity contribution < 1.29 is 0 Å². The van der Waals surface area contributed by atoms with E-state index in [1.165, 1.54) is 6.42 Å². The van der Waals surface area contributed by atoms with Gasteiger partial charge < -0.3 is 5.32 Å². The molecule has 13 heavy (non-hydrogen) atoms. The Hall–Kier alpha value is -1.12. The van der Waals surface area contributed by atoms with Crippen LogP contribution in [0.25, 0.3) is 0 Å². The number of nitrogens with zero attached hydrogens (tertiary/aromatic N) is 2. The van der Waals surface area contributed by atoms with Gasteiger partial charge in [-0.05, 0) is 26.2 Å². The minimum atomic E-state index is 0.978. The Morgan fingerprint density at radius 2 is 2.23 bits per heavy atom. The second-order valence-corrected chi connectivity index (χ2v) is 3.43. The molecule has 0 aromatic carbocycles. The molecule has 0 bridgehead atoms. The van der Waals surface area contributed by atoms with Gasteiger partial charge in [-0.25, -0.2) is 4.98 Å². The van der Waals surface area contributed by atoms with Gasteiger partial charge in [0.2, 0.25) is 0 Å². The molecule has 1 N–H and O–H groups in total. The molecular formula is C10H15N3. The maximum Gasteiger partial charge on any atom is 0.148 e. The van der Waals surface area contributed by atoms with E-state index in [1.54, 1.807) is 0 Å². The molecule has 0 fully saturated rings. The quantitative estimate of drug-likeness (QED) is 0.709. The number of nitrogens with one attached hydrogen (secondary N) is 1. The van der Waals surface area contributed by atoms with Crippen molar-refractivity contribution in [1.29, 1.82) is 0 Å². The first-order valence-electron chi connectivity index (χ1n) is 4.91. The molecule has 0 atom stereocenters. The zero-order valence-electron chi connectivity index (χ0n) is 8.22. The fourth-order valence-corrected chi connectivity index (χ4v) is 1.71. The van der Waals surface area contributed by atoms with Crippen LogP contribution in [0, 0.1) is 6.92 Å². The lowest BCUT2D eigenvalue weighted by Crippen LogP contribution is -2.16. The molecule has 0 saturated carbocycles. The van der Waals surface area contributed by atoms with Crippen molar-refractivity contribution in [3.8, 4) is 0 Å². The van der Waals surface area contributed by atoms with Crippen molar-refractivity contribution in [1.82, 2.24) is 9.97 Å². The lowest BCUT2D eigenvalue weighted by molar-refractivity contribution is 0.767. The average Bonchev–Trinajstić information content (AvgIpc) is 2.17. The molecular weight excluding hydrogens is 162 g/mol. The van der Waals surface area contributed by atoms with E-state index in [-0.39, 0.29) is 0 Å². The summed E-state index contributed by atoms with van der Waals surface area (Å²) in [7, 11) is 0. The highest BCUT2D eigenvalue weighted by Gasteiger charge is 2.13. The van der Waals surface area contributed by atoms with E-state index in [2.05, 4.69) is 22.2 Å². The SMILES string of the molecule is CCc1nc2c(nc1C)NCCC2. The van der Waals surface area contributed by atoms with E-state index in [1.807, 2.05) is 6.92 Å². The van der Waals surface area contributed by atoms with E-state index < -0.39 is 0 Å². The Bertz CT molecular complexity index is 320. The Kier molecular flexibility index (Phi) is 2.17. The van der Waals surface area contributed by atoms with Crippen molar-refractivity contribution in [3.05, 3.63) is 17.1 Å². The molecule has 70 valence electrons. The molecule has 0 spiro atoms. The Morgan fingerprint density at radius 3 is 3.00 bits per heavy atom. The van der Waals surface area contributed by atoms with Gasteiger partial charge in [0, 0.05) is 6.54 Å². The highest BCUT2D eigenvalue weighted by molar-refractivity contribution is 5.43. The smallest absolute Gasteiger partial charge is 0.148 e. The standard InChI is InChI=1S/C10H15N3/c1-3-8-7(2)12-10-9(13-8)5-4-6-11-10/h3-6H2,1-2H3,(H,11,12). The molecule has 0 aliphatic carbocycles. The third kappa shape index (κ3) is 1.50. The third-order valence-corrected chi connectivity index (χ3v) is 2.46. The van der Waals surface area contributed by atoms with Crippen LogP contribution >= 0.6 is 0 Å². The van der Waals surface area contributed by atoms with Crippen LogP contribution in [0.1, 0.15) is 30.4 Å². The lowest BCUT2D eigenvalue weighted by atomic mass is 10.1. The summed E-state index contributed by atoms with van der Waals surface area (Å²) >= 11 is 0. The number of aromatic nitrogens is 2. The van der Waals surface area contributed by atoms with Gasteiger partial charge in [0.1, 0.15) is 5.82 Å². The van der Waals surface area contributed by atoms with Gasteiger partial charge in [-0.2, -0.15) is 0 Å². The van der Waals surface area contributed by atoms with Crippen molar-refractivity contribution in [2.24, 2.45) is 0 Å². The zero-order valence-corrected chi connectivity index (χ0v) is 8.22. The van der Waals surface area contributed by atoms with Gasteiger partial charge >= 0.3 is 0 Å². The van der Waals surface area contributed by atoms with Crippen LogP contribution in [-0.4, -0.2) is 16.5 Å². The highest BCUT2D eigenvalue weighted by atomic mass is 15.0. The zero-order chi connectivity index (χ0) is 9.26. The van der Waals surface area contributed by atoms with Crippen LogP contribution in [-0.2, 0) is 12.8 Å². The average molecular weight is 177 g/mol. The molecule has 0 radical (unpaired) electrons. The van der Waals surface area contributed by atoms with Crippen molar-refractivity contribution in [2.45, 2.75) is 33.1 Å². The van der Waals surface area contributed by atoms with Crippen LogP contribution in [0.15, 0.2) is 0 Å². The Morgan fingerprint density at radius 1 is 1.38 bits per heavy atom. The van der Waals surface area contributed by atoms with Crippen LogP contribution in [0.3, 0.4) is 0 Å². The molecule has 0 amide bonds. The maximum absolute atomic E-state index is 4.61. The van der Waals surface area contributed by atoms with Crippen LogP contribution in [0.4, 0.5) is 5.82 Å². The highest BCUT2D eigenvalue weighted by Crippen LogP contribution is 2.19. The van der Waals surface area contributed by atoms with Gasteiger partial charge in [-0.3, -0.25) is 4.98 Å². The summed E-state index contributed by atoms with van der Waals surface area (Å²) in [6.45, 7) is 5.19. The number of rotatable bonds is 1. The monoisotopic (exact) mass is 177 g/mol. The van der Waals surface area contributed by atoms with Gasteiger partial charge in [-0.15, -0.1) is 0 Å². The summed E-state index contributed by atoms with van der Waals surface area (Å²) < 4.78 is 0. The van der Waals surface area contributed by atoms with Crippen LogP contribution in [0.5, 0.6) is 0 Å². The fourth-order valence-electron chi connectivity index (χ4n) is 1.71. The minimum absolute atomic E-state index is 0.978. The number of aryl methyl sites for hydroxylation is 3. The number of fused-ring (bicyclic) bond motifs is 1. The number of hydrogen-bond acceptors (Lipinski definition) is 3. The number of anilines is 1. The molecule has 1 aromatic rings. The van der Waals surface area contributed by atoms with Crippen molar-refractivity contribution in [3.63, 3.8) is 0 Å². The normalized spacial score (nSPS) is 14.9. The molecule has 0 unspecified atom stereocenters. The van der Waals surface area contributed by atoms with E-state index >= 15 is 0 Å². The van der Waals surface area contributed by atoms with E-state index in [4.69, 9.17) is 0 Å². The molecule has 1 aromatic heterocycles. The largest absolute Gasteiger partial charge is 0.369 e. The van der Waals surface area contributed by atoms with E-state index in [9.17, 15) is 0 Å². The van der Waals surface area contributed by atoms with Crippen molar-refractivity contribution in [2.75, 3.05) is 11.9 Å². The molecule has 1 aliphatic rings. The van der Waals surface area contributed by atoms with E-state index in [0.29, 0.717) is 0 Å². The summed E-state index contributed by atoms with van der Waals surface area (Å²) in [4.78, 5) is 9.12. The first kappa shape index (κ1) is 8.48. The third-order valence-electron chi connectivity index (χ3n) is 2.46. The van der Waals surface area contributed by atoms with Gasteiger partial charge in [0.05, 0.1) is 17.1 Å². The molecule has 2 rings (SSSR count). The summed E-state index contributed by atoms with van der Waals surface area (Å²) in [5.41, 5.74) is 3.35. The molecule has 3 nitrogen and oxygen atoms in total. The summed E-state index contributed by atoms with van der Waals surface area (Å²) in [5, 5.41) is 3.28. The maximum atomic E-state index is 4.61. The predicted molar refractivity (Wildman–Crippen MR) is 53.0 cm³/mol. The van der Waals surface area contributed by atoms with Crippen molar-refractivity contribution >= 4 is 5.82 Å². The topological polar surface area (TPSA) is 37.8 Å². The molecule has 0 saturated heterocycles. The Balaban J connectivity index is 2.44. The lowest BCUT2D eigenvalue weighted by Gasteiger charge is -2.17.